The van der Waals surface area contributed by atoms with Crippen LogP contribution in [0.3, 0.4) is 0 Å². The van der Waals surface area contributed by atoms with Gasteiger partial charge in [0.1, 0.15) is 0 Å². The van der Waals surface area contributed by atoms with Crippen LogP contribution in [0, 0.1) is 0 Å². The van der Waals surface area contributed by atoms with Crippen LogP contribution in [0.4, 0.5) is 5.69 Å². The Balaban J connectivity index is 2.83. The number of rotatable bonds is 5. The second-order valence-corrected chi connectivity index (χ2v) is 7.08. The third-order valence-corrected chi connectivity index (χ3v) is 4.55. The topological polar surface area (TPSA) is 46.2 Å². The highest BCUT2D eigenvalue weighted by atomic mass is 79.9. The third kappa shape index (κ3) is 4.61. The number of hydrogen-bond donors (Lipinski definition) is 1. The summed E-state index contributed by atoms with van der Waals surface area (Å²) in [6, 6.07) is 5.28. The van der Waals surface area contributed by atoms with Crippen molar-refractivity contribution in [3.8, 4) is 0 Å². The van der Waals surface area contributed by atoms with Gasteiger partial charge in [-0.05, 0) is 40.5 Å². The van der Waals surface area contributed by atoms with Crippen LogP contribution in [0.25, 0.3) is 0 Å². The molecule has 1 aromatic rings. The summed E-state index contributed by atoms with van der Waals surface area (Å²) in [5, 5.41) is 0. The normalized spacial score (nSPS) is 11.4. The molecule has 1 rings (SSSR count). The molecule has 16 heavy (non-hydrogen) atoms. The fraction of sp³-hybridized carbons (Fsp3) is 0.333. The number of anilines is 1. The van der Waals surface area contributed by atoms with E-state index in [0.29, 0.717) is 22.5 Å². The van der Waals surface area contributed by atoms with E-state index in [1.165, 1.54) is 0 Å². The van der Waals surface area contributed by atoms with Crippen LogP contribution in [0.1, 0.15) is 6.42 Å². The van der Waals surface area contributed by atoms with Crippen LogP contribution < -0.4 is 4.72 Å². The number of hydrogen-bond acceptors (Lipinski definition) is 2. The summed E-state index contributed by atoms with van der Waals surface area (Å²) in [4.78, 5) is 0. The first-order valence-corrected chi connectivity index (χ1v) is 8.23. The van der Waals surface area contributed by atoms with Crippen molar-refractivity contribution >= 4 is 59.2 Å². The third-order valence-electron chi connectivity index (χ3n) is 1.74. The smallest absolute Gasteiger partial charge is 0.232 e. The van der Waals surface area contributed by atoms with E-state index in [1.807, 2.05) is 6.07 Å². The second kappa shape index (κ2) is 6.23. The predicted octanol–water partition coefficient (Wildman–Crippen LogP) is 3.58. The quantitative estimate of drug-likeness (QED) is 0.780. The van der Waals surface area contributed by atoms with Gasteiger partial charge in [0.05, 0.1) is 11.4 Å². The lowest BCUT2D eigenvalue weighted by atomic mass is 10.3. The van der Waals surface area contributed by atoms with E-state index in [-0.39, 0.29) is 5.75 Å². The summed E-state index contributed by atoms with van der Waals surface area (Å²) >= 11 is 12.0. The minimum Gasteiger partial charge on any atom is -0.282 e. The fourth-order valence-corrected chi connectivity index (χ4v) is 3.30. The molecule has 7 heteroatoms. The van der Waals surface area contributed by atoms with Gasteiger partial charge in [0.2, 0.25) is 10.0 Å². The first kappa shape index (κ1) is 14.3. The van der Waals surface area contributed by atoms with E-state index in [4.69, 9.17) is 11.6 Å². The average molecular weight is 392 g/mol. The molecule has 0 fully saturated rings. The molecule has 1 N–H and O–H groups in total. The van der Waals surface area contributed by atoms with Crippen molar-refractivity contribution in [2.24, 2.45) is 0 Å². The molecule has 0 aliphatic rings. The predicted molar refractivity (Wildman–Crippen MR) is 74.6 cm³/mol. The molecule has 0 amide bonds. The van der Waals surface area contributed by atoms with Gasteiger partial charge in [0, 0.05) is 14.8 Å². The molecule has 0 saturated heterocycles. The van der Waals surface area contributed by atoms with Crippen molar-refractivity contribution in [3.63, 3.8) is 0 Å². The van der Waals surface area contributed by atoms with Gasteiger partial charge in [-0.2, -0.15) is 0 Å². The van der Waals surface area contributed by atoms with Crippen LogP contribution in [-0.4, -0.2) is 20.1 Å². The van der Waals surface area contributed by atoms with Crippen molar-refractivity contribution in [1.82, 2.24) is 0 Å². The van der Waals surface area contributed by atoms with Crippen molar-refractivity contribution in [2.45, 2.75) is 6.42 Å². The maximum Gasteiger partial charge on any atom is 0.232 e. The van der Waals surface area contributed by atoms with Gasteiger partial charge in [0.15, 0.2) is 0 Å². The zero-order valence-corrected chi connectivity index (χ0v) is 13.0. The minimum atomic E-state index is -3.32. The lowest BCUT2D eigenvalue weighted by Crippen LogP contribution is -2.17. The summed E-state index contributed by atoms with van der Waals surface area (Å²) in [6.07, 6.45) is 0.433. The molecule has 0 radical (unpaired) electrons. The van der Waals surface area contributed by atoms with E-state index >= 15 is 0 Å². The number of halogens is 3. The Kier molecular flexibility index (Phi) is 5.56. The Morgan fingerprint density at radius 2 is 2.00 bits per heavy atom. The standard InChI is InChI=1S/C9H10Br2ClNO2S/c10-7-2-3-8(11)9(6-7)13-16(14,15)5-1-4-12/h2-3,6,13H,1,4-5H2. The van der Waals surface area contributed by atoms with Gasteiger partial charge < -0.3 is 0 Å². The Bertz CT molecular complexity index is 465. The van der Waals surface area contributed by atoms with Crippen molar-refractivity contribution in [3.05, 3.63) is 27.1 Å². The number of benzene rings is 1. The summed E-state index contributed by atoms with van der Waals surface area (Å²) in [5.41, 5.74) is 0.518. The molecule has 0 heterocycles. The van der Waals surface area contributed by atoms with Crippen LogP contribution in [0.5, 0.6) is 0 Å². The van der Waals surface area contributed by atoms with Crippen molar-refractivity contribution in [1.29, 1.82) is 0 Å². The molecular formula is C9H10Br2ClNO2S. The van der Waals surface area contributed by atoms with Gasteiger partial charge in [-0.15, -0.1) is 11.6 Å². The average Bonchev–Trinajstić information content (AvgIpc) is 2.20. The lowest BCUT2D eigenvalue weighted by Gasteiger charge is -2.09. The Hall–Kier alpha value is 0.220. The molecular weight excluding hydrogens is 381 g/mol. The van der Waals surface area contributed by atoms with Crippen LogP contribution in [-0.2, 0) is 10.0 Å². The highest BCUT2D eigenvalue weighted by molar-refractivity contribution is 9.11. The molecule has 90 valence electrons. The maximum atomic E-state index is 11.6. The lowest BCUT2D eigenvalue weighted by molar-refractivity contribution is 0.600. The van der Waals surface area contributed by atoms with Crippen LogP contribution >= 0.6 is 43.5 Å². The maximum absolute atomic E-state index is 11.6. The monoisotopic (exact) mass is 389 g/mol. The molecule has 0 bridgehead atoms. The van der Waals surface area contributed by atoms with Crippen molar-refractivity contribution < 1.29 is 8.42 Å². The van der Waals surface area contributed by atoms with Gasteiger partial charge in [-0.25, -0.2) is 8.42 Å². The summed E-state index contributed by atoms with van der Waals surface area (Å²) in [5.74, 6) is 0.357. The molecule has 3 nitrogen and oxygen atoms in total. The molecule has 0 aliphatic heterocycles. The molecule has 0 aliphatic carbocycles. The Morgan fingerprint density at radius 1 is 1.31 bits per heavy atom. The van der Waals surface area contributed by atoms with E-state index in [0.717, 1.165) is 4.47 Å². The molecule has 0 saturated carbocycles. The van der Waals surface area contributed by atoms with Gasteiger partial charge in [0.25, 0.3) is 0 Å². The summed E-state index contributed by atoms with van der Waals surface area (Å²) < 4.78 is 27.2. The molecule has 0 atom stereocenters. The minimum absolute atomic E-state index is 0.0233. The van der Waals surface area contributed by atoms with Gasteiger partial charge in [-0.3, -0.25) is 4.72 Å². The molecule has 0 spiro atoms. The highest BCUT2D eigenvalue weighted by Gasteiger charge is 2.11. The van der Waals surface area contributed by atoms with Crippen LogP contribution in [0.2, 0.25) is 0 Å². The highest BCUT2D eigenvalue weighted by Crippen LogP contribution is 2.27. The molecule has 0 aromatic heterocycles. The molecule has 0 unspecified atom stereocenters. The largest absolute Gasteiger partial charge is 0.282 e. The first-order chi connectivity index (χ1) is 7.44. The van der Waals surface area contributed by atoms with Gasteiger partial charge >= 0.3 is 0 Å². The Labute approximate surface area is 117 Å². The zero-order valence-electron chi connectivity index (χ0n) is 8.21. The van der Waals surface area contributed by atoms with E-state index in [2.05, 4.69) is 36.6 Å². The van der Waals surface area contributed by atoms with Crippen molar-refractivity contribution in [2.75, 3.05) is 16.4 Å². The summed E-state index contributed by atoms with van der Waals surface area (Å²) in [7, 11) is -3.32. The number of sulfonamides is 1. The first-order valence-electron chi connectivity index (χ1n) is 4.46. The number of alkyl halides is 1. The van der Waals surface area contributed by atoms with E-state index in [1.54, 1.807) is 12.1 Å². The van der Waals surface area contributed by atoms with Gasteiger partial charge in [-0.1, -0.05) is 15.9 Å². The number of nitrogens with one attached hydrogen (secondary N) is 1. The van der Waals surface area contributed by atoms with Crippen LogP contribution in [0.15, 0.2) is 27.1 Å². The van der Waals surface area contributed by atoms with E-state index in [9.17, 15) is 8.42 Å². The molecule has 1 aromatic carbocycles. The Morgan fingerprint density at radius 3 is 2.62 bits per heavy atom. The zero-order chi connectivity index (χ0) is 12.2. The fourth-order valence-electron chi connectivity index (χ4n) is 1.04. The van der Waals surface area contributed by atoms with E-state index < -0.39 is 10.0 Å². The summed E-state index contributed by atoms with van der Waals surface area (Å²) in [6.45, 7) is 0. The SMILES string of the molecule is O=S(=O)(CCCCl)Nc1cc(Br)ccc1Br. The second-order valence-electron chi connectivity index (χ2n) is 3.09.